The van der Waals surface area contributed by atoms with Crippen molar-refractivity contribution in [2.24, 2.45) is 5.92 Å². The van der Waals surface area contributed by atoms with Crippen molar-refractivity contribution in [3.05, 3.63) is 34.9 Å². The standard InChI is InChI=1S/C13H14F3NO2/c1-7(2)6-17-11(18)9-4-3-8(13(14,15)16)5-10(9)12(17)19/h3-5,7,12,19H,6H2,1-2H3. The highest BCUT2D eigenvalue weighted by Gasteiger charge is 2.39. The van der Waals surface area contributed by atoms with Crippen LogP contribution < -0.4 is 0 Å². The molecule has 1 amide bonds. The molecule has 1 aliphatic heterocycles. The molecule has 1 aliphatic rings. The van der Waals surface area contributed by atoms with Gasteiger partial charge in [-0.1, -0.05) is 13.8 Å². The first-order chi connectivity index (χ1) is 8.71. The maximum absolute atomic E-state index is 12.6. The molecule has 6 heteroatoms. The van der Waals surface area contributed by atoms with E-state index in [1.165, 1.54) is 4.90 Å². The molecule has 0 saturated heterocycles. The third-order valence-electron chi connectivity index (χ3n) is 3.01. The topological polar surface area (TPSA) is 40.5 Å². The van der Waals surface area contributed by atoms with E-state index in [-0.39, 0.29) is 17.0 Å². The minimum atomic E-state index is -4.48. The molecule has 0 bridgehead atoms. The van der Waals surface area contributed by atoms with Crippen LogP contribution in [-0.4, -0.2) is 22.5 Å². The minimum absolute atomic E-state index is 0.0282. The molecule has 19 heavy (non-hydrogen) atoms. The van der Waals surface area contributed by atoms with Gasteiger partial charge in [0.15, 0.2) is 6.23 Å². The van der Waals surface area contributed by atoms with E-state index < -0.39 is 23.9 Å². The van der Waals surface area contributed by atoms with Gasteiger partial charge in [0, 0.05) is 17.7 Å². The average Bonchev–Trinajstić information content (AvgIpc) is 2.53. The molecule has 1 atom stereocenters. The number of aliphatic hydroxyl groups is 1. The van der Waals surface area contributed by atoms with Gasteiger partial charge in [0.2, 0.25) is 0 Å². The quantitative estimate of drug-likeness (QED) is 0.900. The van der Waals surface area contributed by atoms with Crippen LogP contribution in [0.1, 0.15) is 41.6 Å². The molecule has 0 spiro atoms. The van der Waals surface area contributed by atoms with Gasteiger partial charge in [0.1, 0.15) is 0 Å². The maximum atomic E-state index is 12.6. The number of hydrogen-bond acceptors (Lipinski definition) is 2. The monoisotopic (exact) mass is 273 g/mol. The van der Waals surface area contributed by atoms with Gasteiger partial charge in [-0.25, -0.2) is 0 Å². The first-order valence-electron chi connectivity index (χ1n) is 5.92. The van der Waals surface area contributed by atoms with Crippen molar-refractivity contribution in [2.45, 2.75) is 26.3 Å². The summed E-state index contributed by atoms with van der Waals surface area (Å²) in [4.78, 5) is 13.2. The van der Waals surface area contributed by atoms with Crippen LogP contribution in [0.2, 0.25) is 0 Å². The van der Waals surface area contributed by atoms with Crippen molar-refractivity contribution in [1.82, 2.24) is 4.90 Å². The fourth-order valence-corrected chi connectivity index (χ4v) is 2.16. The van der Waals surface area contributed by atoms with Gasteiger partial charge in [-0.15, -0.1) is 0 Å². The highest BCUT2D eigenvalue weighted by atomic mass is 19.4. The molecule has 104 valence electrons. The lowest BCUT2D eigenvalue weighted by atomic mass is 10.1. The normalized spacial score (nSPS) is 19.2. The summed E-state index contributed by atoms with van der Waals surface area (Å²) in [5, 5.41) is 9.99. The molecule has 1 heterocycles. The molecular formula is C13H14F3NO2. The molecular weight excluding hydrogens is 259 g/mol. The molecule has 0 aromatic heterocycles. The van der Waals surface area contributed by atoms with E-state index in [2.05, 4.69) is 0 Å². The Morgan fingerprint density at radius 1 is 1.37 bits per heavy atom. The van der Waals surface area contributed by atoms with Gasteiger partial charge in [-0.2, -0.15) is 13.2 Å². The summed E-state index contributed by atoms with van der Waals surface area (Å²) in [7, 11) is 0. The largest absolute Gasteiger partial charge is 0.416 e. The zero-order valence-electron chi connectivity index (χ0n) is 10.5. The van der Waals surface area contributed by atoms with Crippen molar-refractivity contribution in [1.29, 1.82) is 0 Å². The number of fused-ring (bicyclic) bond motifs is 1. The van der Waals surface area contributed by atoms with Crippen LogP contribution in [0.3, 0.4) is 0 Å². The second-order valence-corrected chi connectivity index (χ2v) is 5.02. The molecule has 1 aromatic rings. The van der Waals surface area contributed by atoms with Crippen molar-refractivity contribution in [2.75, 3.05) is 6.54 Å². The van der Waals surface area contributed by atoms with E-state index in [0.29, 0.717) is 6.54 Å². The van der Waals surface area contributed by atoms with Crippen molar-refractivity contribution < 1.29 is 23.1 Å². The molecule has 2 rings (SSSR count). The third-order valence-corrected chi connectivity index (χ3v) is 3.01. The number of alkyl halides is 3. The number of rotatable bonds is 2. The predicted octanol–water partition coefficient (Wildman–Crippen LogP) is 2.81. The Kier molecular flexibility index (Phi) is 3.30. The van der Waals surface area contributed by atoms with Crippen LogP contribution in [0.5, 0.6) is 0 Å². The Balaban J connectivity index is 2.40. The molecule has 0 radical (unpaired) electrons. The molecule has 3 nitrogen and oxygen atoms in total. The fraction of sp³-hybridized carbons (Fsp3) is 0.462. The summed E-state index contributed by atoms with van der Waals surface area (Å²) in [6.45, 7) is 4.03. The molecule has 1 unspecified atom stereocenters. The Bertz CT molecular complexity index is 511. The van der Waals surface area contributed by atoms with E-state index in [4.69, 9.17) is 0 Å². The molecule has 0 fully saturated rings. The predicted molar refractivity (Wildman–Crippen MR) is 62.3 cm³/mol. The Labute approximate surface area is 108 Å². The Morgan fingerprint density at radius 3 is 2.53 bits per heavy atom. The smallest absolute Gasteiger partial charge is 0.369 e. The van der Waals surface area contributed by atoms with Crippen LogP contribution in [-0.2, 0) is 6.18 Å². The van der Waals surface area contributed by atoms with Crippen LogP contribution in [0, 0.1) is 5.92 Å². The van der Waals surface area contributed by atoms with E-state index in [1.54, 1.807) is 0 Å². The van der Waals surface area contributed by atoms with Crippen molar-refractivity contribution in [3.63, 3.8) is 0 Å². The Hall–Kier alpha value is -1.56. The number of nitrogens with zero attached hydrogens (tertiary/aromatic N) is 1. The summed E-state index contributed by atoms with van der Waals surface area (Å²) in [6.07, 6.45) is -5.78. The summed E-state index contributed by atoms with van der Waals surface area (Å²) in [5.41, 5.74) is -0.689. The Morgan fingerprint density at radius 2 is 2.00 bits per heavy atom. The second-order valence-electron chi connectivity index (χ2n) is 5.02. The van der Waals surface area contributed by atoms with E-state index >= 15 is 0 Å². The fourth-order valence-electron chi connectivity index (χ4n) is 2.16. The average molecular weight is 273 g/mol. The number of halogens is 3. The first-order valence-corrected chi connectivity index (χ1v) is 5.92. The SMILES string of the molecule is CC(C)CN1C(=O)c2ccc(C(F)(F)F)cc2C1O. The lowest BCUT2D eigenvalue weighted by molar-refractivity contribution is -0.137. The number of aliphatic hydroxyl groups excluding tert-OH is 1. The summed E-state index contributed by atoms with van der Waals surface area (Å²) in [6, 6.07) is 2.84. The zero-order chi connectivity index (χ0) is 14.4. The highest BCUT2D eigenvalue weighted by molar-refractivity contribution is 5.99. The van der Waals surface area contributed by atoms with Crippen LogP contribution >= 0.6 is 0 Å². The molecule has 0 aliphatic carbocycles. The second kappa shape index (κ2) is 4.52. The highest BCUT2D eigenvalue weighted by Crippen LogP contribution is 2.37. The van der Waals surface area contributed by atoms with Gasteiger partial charge in [-0.05, 0) is 24.1 Å². The number of carbonyl (C=O) groups is 1. The zero-order valence-corrected chi connectivity index (χ0v) is 10.5. The van der Waals surface area contributed by atoms with Gasteiger partial charge in [0.25, 0.3) is 5.91 Å². The van der Waals surface area contributed by atoms with Crippen molar-refractivity contribution >= 4 is 5.91 Å². The third kappa shape index (κ3) is 2.45. The van der Waals surface area contributed by atoms with Crippen LogP contribution in [0.15, 0.2) is 18.2 Å². The number of carbonyl (C=O) groups excluding carboxylic acids is 1. The van der Waals surface area contributed by atoms with Crippen LogP contribution in [0.4, 0.5) is 13.2 Å². The van der Waals surface area contributed by atoms with Crippen LogP contribution in [0.25, 0.3) is 0 Å². The van der Waals surface area contributed by atoms with E-state index in [9.17, 15) is 23.1 Å². The summed E-state index contributed by atoms with van der Waals surface area (Å²) < 4.78 is 37.8. The summed E-state index contributed by atoms with van der Waals surface area (Å²) >= 11 is 0. The minimum Gasteiger partial charge on any atom is -0.369 e. The van der Waals surface area contributed by atoms with Gasteiger partial charge in [-0.3, -0.25) is 4.79 Å². The van der Waals surface area contributed by atoms with Gasteiger partial charge in [0.05, 0.1) is 5.56 Å². The number of benzene rings is 1. The lowest BCUT2D eigenvalue weighted by Gasteiger charge is -2.22. The lowest BCUT2D eigenvalue weighted by Crippen LogP contribution is -2.31. The first kappa shape index (κ1) is 13.9. The van der Waals surface area contributed by atoms with E-state index in [0.717, 1.165) is 18.2 Å². The molecule has 0 saturated carbocycles. The maximum Gasteiger partial charge on any atom is 0.416 e. The number of hydrogen-bond donors (Lipinski definition) is 1. The van der Waals surface area contributed by atoms with Gasteiger partial charge >= 0.3 is 6.18 Å². The van der Waals surface area contributed by atoms with Gasteiger partial charge < -0.3 is 10.0 Å². The molecule has 1 N–H and O–H groups in total. The summed E-state index contributed by atoms with van der Waals surface area (Å²) in [5.74, 6) is -0.306. The molecule has 1 aromatic carbocycles. The van der Waals surface area contributed by atoms with E-state index in [1.807, 2.05) is 13.8 Å². The number of amides is 1. The van der Waals surface area contributed by atoms with Crippen molar-refractivity contribution in [3.8, 4) is 0 Å².